The van der Waals surface area contributed by atoms with E-state index in [1.165, 1.54) is 18.0 Å². The molecule has 1 aromatic heterocycles. The number of amides is 1. The minimum Gasteiger partial charge on any atom is -0.493 e. The molecule has 2 N–H and O–H groups in total. The normalized spacial score (nSPS) is 10.2. The molecule has 144 valence electrons. The van der Waals surface area contributed by atoms with Crippen molar-refractivity contribution in [3.63, 3.8) is 0 Å². The molecule has 3 aromatic rings. The van der Waals surface area contributed by atoms with Gasteiger partial charge in [0.2, 0.25) is 0 Å². The predicted molar refractivity (Wildman–Crippen MR) is 107 cm³/mol. The van der Waals surface area contributed by atoms with Crippen LogP contribution in [-0.2, 0) is 6.54 Å². The summed E-state index contributed by atoms with van der Waals surface area (Å²) in [5.41, 5.74) is 3.22. The molecule has 28 heavy (non-hydrogen) atoms. The third kappa shape index (κ3) is 4.76. The van der Waals surface area contributed by atoms with Crippen molar-refractivity contribution in [3.05, 3.63) is 71.7 Å². The monoisotopic (exact) mass is 378 g/mol. The molecule has 0 aliphatic rings. The molecule has 7 heteroatoms. The van der Waals surface area contributed by atoms with Gasteiger partial charge in [0.05, 0.1) is 26.6 Å². The lowest BCUT2D eigenvalue weighted by Crippen LogP contribution is -2.24. The molecule has 0 radical (unpaired) electrons. The first-order valence-corrected chi connectivity index (χ1v) is 8.74. The van der Waals surface area contributed by atoms with E-state index in [0.29, 0.717) is 23.9 Å². The summed E-state index contributed by atoms with van der Waals surface area (Å²) in [6.45, 7) is 2.36. The molecular formula is C21H22N4O3. The standard InChI is InChI=1S/C21H22N4O3/c1-14-4-7-16(8-5-14)25-20-13-22-17(12-23-20)21(26)24-11-15-6-9-18(27-2)19(10-15)28-3/h4-10,12-13H,11H2,1-3H3,(H,23,25)(H,24,26). The summed E-state index contributed by atoms with van der Waals surface area (Å²) in [4.78, 5) is 20.7. The maximum absolute atomic E-state index is 12.3. The van der Waals surface area contributed by atoms with Crippen molar-refractivity contribution < 1.29 is 14.3 Å². The SMILES string of the molecule is COc1ccc(CNC(=O)c2cnc(Nc3ccc(C)cc3)cn2)cc1OC. The number of nitrogens with zero attached hydrogens (tertiary/aromatic N) is 2. The number of aromatic nitrogens is 2. The Morgan fingerprint density at radius 3 is 2.36 bits per heavy atom. The Balaban J connectivity index is 1.59. The van der Waals surface area contributed by atoms with E-state index < -0.39 is 0 Å². The third-order valence-electron chi connectivity index (χ3n) is 4.11. The largest absolute Gasteiger partial charge is 0.493 e. The first-order chi connectivity index (χ1) is 13.6. The smallest absolute Gasteiger partial charge is 0.271 e. The van der Waals surface area contributed by atoms with Gasteiger partial charge in [-0.3, -0.25) is 4.79 Å². The van der Waals surface area contributed by atoms with Gasteiger partial charge in [0, 0.05) is 12.2 Å². The van der Waals surface area contributed by atoms with E-state index in [-0.39, 0.29) is 11.6 Å². The molecular weight excluding hydrogens is 356 g/mol. The number of carbonyl (C=O) groups excluding carboxylic acids is 1. The molecule has 1 heterocycles. The Morgan fingerprint density at radius 1 is 0.964 bits per heavy atom. The lowest BCUT2D eigenvalue weighted by atomic mass is 10.2. The Bertz CT molecular complexity index is 941. The summed E-state index contributed by atoms with van der Waals surface area (Å²) in [6, 6.07) is 13.4. The topological polar surface area (TPSA) is 85.4 Å². The number of ether oxygens (including phenoxy) is 2. The molecule has 0 fully saturated rings. The van der Waals surface area contributed by atoms with E-state index in [9.17, 15) is 4.79 Å². The Hall–Kier alpha value is -3.61. The number of anilines is 2. The van der Waals surface area contributed by atoms with Crippen molar-refractivity contribution in [2.75, 3.05) is 19.5 Å². The fourth-order valence-electron chi connectivity index (χ4n) is 2.56. The van der Waals surface area contributed by atoms with Gasteiger partial charge in [-0.05, 0) is 36.8 Å². The summed E-state index contributed by atoms with van der Waals surface area (Å²) in [5, 5.41) is 5.97. The fourth-order valence-corrected chi connectivity index (χ4v) is 2.56. The highest BCUT2D eigenvalue weighted by atomic mass is 16.5. The van der Waals surface area contributed by atoms with Gasteiger partial charge in [-0.15, -0.1) is 0 Å². The van der Waals surface area contributed by atoms with Crippen LogP contribution in [0.25, 0.3) is 0 Å². The molecule has 0 aliphatic heterocycles. The molecule has 0 saturated carbocycles. The van der Waals surface area contributed by atoms with Gasteiger partial charge >= 0.3 is 0 Å². The van der Waals surface area contributed by atoms with Crippen molar-refractivity contribution >= 4 is 17.4 Å². The minimum atomic E-state index is -0.302. The van der Waals surface area contributed by atoms with Crippen LogP contribution in [0.5, 0.6) is 11.5 Å². The zero-order chi connectivity index (χ0) is 19.9. The fraction of sp³-hybridized carbons (Fsp3) is 0.190. The number of benzene rings is 2. The molecule has 0 bridgehead atoms. The van der Waals surface area contributed by atoms with Crippen LogP contribution >= 0.6 is 0 Å². The molecule has 0 saturated heterocycles. The lowest BCUT2D eigenvalue weighted by molar-refractivity contribution is 0.0945. The van der Waals surface area contributed by atoms with E-state index in [1.54, 1.807) is 20.3 Å². The van der Waals surface area contributed by atoms with Gasteiger partial charge in [0.25, 0.3) is 5.91 Å². The number of aryl methyl sites for hydroxylation is 1. The number of methoxy groups -OCH3 is 2. The number of rotatable bonds is 7. The summed E-state index contributed by atoms with van der Waals surface area (Å²) < 4.78 is 10.5. The molecule has 1 amide bonds. The van der Waals surface area contributed by atoms with Crippen LogP contribution in [0.4, 0.5) is 11.5 Å². The van der Waals surface area contributed by atoms with Gasteiger partial charge in [0.1, 0.15) is 11.5 Å². The highest BCUT2D eigenvalue weighted by molar-refractivity contribution is 5.92. The van der Waals surface area contributed by atoms with E-state index in [1.807, 2.05) is 43.3 Å². The zero-order valence-corrected chi connectivity index (χ0v) is 16.0. The first kappa shape index (κ1) is 19.2. The molecule has 0 unspecified atom stereocenters. The molecule has 2 aromatic carbocycles. The van der Waals surface area contributed by atoms with Crippen LogP contribution in [0.15, 0.2) is 54.9 Å². The quantitative estimate of drug-likeness (QED) is 0.655. The van der Waals surface area contributed by atoms with Gasteiger partial charge in [0.15, 0.2) is 11.5 Å². The predicted octanol–water partition coefficient (Wildman–Crippen LogP) is 3.48. The van der Waals surface area contributed by atoms with Crippen LogP contribution in [0.2, 0.25) is 0 Å². The Labute approximate surface area is 163 Å². The van der Waals surface area contributed by atoms with E-state index in [4.69, 9.17) is 9.47 Å². The summed E-state index contributed by atoms with van der Waals surface area (Å²) >= 11 is 0. The highest BCUT2D eigenvalue weighted by Crippen LogP contribution is 2.27. The van der Waals surface area contributed by atoms with Gasteiger partial charge in [-0.1, -0.05) is 23.8 Å². The molecule has 7 nitrogen and oxygen atoms in total. The van der Waals surface area contributed by atoms with Crippen molar-refractivity contribution in [1.82, 2.24) is 15.3 Å². The van der Waals surface area contributed by atoms with Crippen LogP contribution in [0.3, 0.4) is 0 Å². The van der Waals surface area contributed by atoms with Crippen molar-refractivity contribution in [2.24, 2.45) is 0 Å². The van der Waals surface area contributed by atoms with E-state index >= 15 is 0 Å². The second-order valence-electron chi connectivity index (χ2n) is 6.15. The number of hydrogen-bond acceptors (Lipinski definition) is 6. The first-order valence-electron chi connectivity index (χ1n) is 8.74. The van der Waals surface area contributed by atoms with Gasteiger partial charge < -0.3 is 20.1 Å². The number of hydrogen-bond donors (Lipinski definition) is 2. The van der Waals surface area contributed by atoms with Crippen molar-refractivity contribution in [2.45, 2.75) is 13.5 Å². The highest BCUT2D eigenvalue weighted by Gasteiger charge is 2.10. The summed E-state index contributed by atoms with van der Waals surface area (Å²) in [7, 11) is 3.15. The van der Waals surface area contributed by atoms with Crippen LogP contribution in [-0.4, -0.2) is 30.1 Å². The molecule has 3 rings (SSSR count). The number of nitrogens with one attached hydrogen (secondary N) is 2. The maximum atomic E-state index is 12.3. The number of carbonyl (C=O) groups is 1. The van der Waals surface area contributed by atoms with Crippen LogP contribution in [0.1, 0.15) is 21.6 Å². The maximum Gasteiger partial charge on any atom is 0.271 e. The lowest BCUT2D eigenvalue weighted by Gasteiger charge is -2.10. The average Bonchev–Trinajstić information content (AvgIpc) is 2.74. The van der Waals surface area contributed by atoms with Gasteiger partial charge in [-0.2, -0.15) is 0 Å². The Kier molecular flexibility index (Phi) is 6.06. The van der Waals surface area contributed by atoms with E-state index in [0.717, 1.165) is 11.3 Å². The minimum absolute atomic E-state index is 0.245. The Morgan fingerprint density at radius 2 is 1.71 bits per heavy atom. The van der Waals surface area contributed by atoms with Crippen molar-refractivity contribution in [1.29, 1.82) is 0 Å². The van der Waals surface area contributed by atoms with Crippen LogP contribution in [0, 0.1) is 6.92 Å². The van der Waals surface area contributed by atoms with Crippen LogP contribution < -0.4 is 20.1 Å². The molecule has 0 spiro atoms. The zero-order valence-electron chi connectivity index (χ0n) is 16.0. The second kappa shape index (κ2) is 8.85. The summed E-state index contributed by atoms with van der Waals surface area (Å²) in [5.74, 6) is 1.52. The van der Waals surface area contributed by atoms with E-state index in [2.05, 4.69) is 20.6 Å². The summed E-state index contributed by atoms with van der Waals surface area (Å²) in [6.07, 6.45) is 2.98. The van der Waals surface area contributed by atoms with Gasteiger partial charge in [-0.25, -0.2) is 9.97 Å². The molecule has 0 aliphatic carbocycles. The third-order valence-corrected chi connectivity index (χ3v) is 4.11. The van der Waals surface area contributed by atoms with Crippen molar-refractivity contribution in [3.8, 4) is 11.5 Å². The molecule has 0 atom stereocenters. The average molecular weight is 378 g/mol. The second-order valence-corrected chi connectivity index (χ2v) is 6.15.